The summed E-state index contributed by atoms with van der Waals surface area (Å²) in [6.07, 6.45) is 4.77. The minimum absolute atomic E-state index is 0.747. The Hall–Kier alpha value is -1.94. The van der Waals surface area contributed by atoms with Crippen LogP contribution in [0.4, 0.5) is 5.82 Å². The molecule has 0 bridgehead atoms. The molecule has 1 aromatic carbocycles. The second-order valence-electron chi connectivity index (χ2n) is 6.77. The Morgan fingerprint density at radius 3 is 2.58 bits per heavy atom. The average molecular weight is 324 g/mol. The topological polar surface area (TPSA) is 41.0 Å². The lowest BCUT2D eigenvalue weighted by Crippen LogP contribution is -2.35. The monoisotopic (exact) mass is 324 g/mol. The first-order valence-corrected chi connectivity index (χ1v) is 9.01. The third-order valence-electron chi connectivity index (χ3n) is 4.91. The summed E-state index contributed by atoms with van der Waals surface area (Å²) in [7, 11) is 1.91. The van der Waals surface area contributed by atoms with Crippen molar-refractivity contribution < 1.29 is 0 Å². The van der Waals surface area contributed by atoms with Gasteiger partial charge in [0.25, 0.3) is 0 Å². The van der Waals surface area contributed by atoms with Crippen LogP contribution in [0.5, 0.6) is 0 Å². The number of nitrogens with one attached hydrogen (secondary N) is 1. The molecule has 0 atom stereocenters. The number of likely N-dealkylation sites (tertiary alicyclic amines) is 1. The van der Waals surface area contributed by atoms with E-state index in [1.807, 2.05) is 14.0 Å². The molecule has 4 nitrogen and oxygen atoms in total. The molecule has 0 aliphatic carbocycles. The van der Waals surface area contributed by atoms with Gasteiger partial charge in [-0.1, -0.05) is 30.3 Å². The number of benzene rings is 1. The second-order valence-corrected chi connectivity index (χ2v) is 6.77. The molecule has 0 spiro atoms. The fourth-order valence-corrected chi connectivity index (χ4v) is 3.50. The van der Waals surface area contributed by atoms with Gasteiger partial charge in [-0.3, -0.25) is 0 Å². The van der Waals surface area contributed by atoms with Crippen molar-refractivity contribution in [2.75, 3.05) is 32.0 Å². The molecule has 1 N–H and O–H groups in total. The molecule has 1 saturated heterocycles. The molecule has 128 valence electrons. The molecule has 0 unspecified atom stereocenters. The standard InChI is InChI=1S/C20H28N4/c1-16-22-19(15-20(21-2)23-16)14-18-9-12-24(13-10-18)11-8-17-6-4-3-5-7-17/h3-7,15,18H,8-14H2,1-2H3,(H,21,22,23). The average Bonchev–Trinajstić information content (AvgIpc) is 2.61. The summed E-state index contributed by atoms with van der Waals surface area (Å²) < 4.78 is 0. The van der Waals surface area contributed by atoms with E-state index in [1.165, 1.54) is 43.7 Å². The number of hydrogen-bond acceptors (Lipinski definition) is 4. The molecular formula is C20H28N4. The highest BCUT2D eigenvalue weighted by molar-refractivity contribution is 5.35. The van der Waals surface area contributed by atoms with Crippen LogP contribution in [0.2, 0.25) is 0 Å². The van der Waals surface area contributed by atoms with E-state index in [1.54, 1.807) is 0 Å². The number of piperidine rings is 1. The molecule has 0 radical (unpaired) electrons. The first kappa shape index (κ1) is 16.9. The zero-order valence-electron chi connectivity index (χ0n) is 14.8. The molecular weight excluding hydrogens is 296 g/mol. The van der Waals surface area contributed by atoms with E-state index in [4.69, 9.17) is 0 Å². The van der Waals surface area contributed by atoms with Gasteiger partial charge in [0, 0.05) is 25.4 Å². The van der Waals surface area contributed by atoms with Crippen LogP contribution >= 0.6 is 0 Å². The van der Waals surface area contributed by atoms with Gasteiger partial charge in [0.1, 0.15) is 11.6 Å². The lowest BCUT2D eigenvalue weighted by Gasteiger charge is -2.32. The van der Waals surface area contributed by atoms with Crippen molar-refractivity contribution >= 4 is 5.82 Å². The maximum atomic E-state index is 4.61. The summed E-state index contributed by atoms with van der Waals surface area (Å²) in [6.45, 7) is 5.56. The van der Waals surface area contributed by atoms with Crippen molar-refractivity contribution in [3.8, 4) is 0 Å². The highest BCUT2D eigenvalue weighted by atomic mass is 15.1. The number of aromatic nitrogens is 2. The SMILES string of the molecule is CNc1cc(CC2CCN(CCc3ccccc3)CC2)nc(C)n1. The summed E-state index contributed by atoms with van der Waals surface area (Å²) in [5.74, 6) is 2.53. The van der Waals surface area contributed by atoms with Crippen molar-refractivity contribution in [2.45, 2.75) is 32.6 Å². The second kappa shape index (κ2) is 8.25. The minimum atomic E-state index is 0.747. The zero-order valence-corrected chi connectivity index (χ0v) is 14.8. The van der Waals surface area contributed by atoms with Crippen LogP contribution in [0.1, 0.15) is 29.9 Å². The highest BCUT2D eigenvalue weighted by Crippen LogP contribution is 2.22. The zero-order chi connectivity index (χ0) is 16.8. The number of rotatable bonds is 6. The van der Waals surface area contributed by atoms with Gasteiger partial charge >= 0.3 is 0 Å². The molecule has 1 aliphatic heterocycles. The summed E-state index contributed by atoms with van der Waals surface area (Å²) in [6, 6.07) is 12.9. The largest absolute Gasteiger partial charge is 0.373 e. The molecule has 2 heterocycles. The first-order valence-electron chi connectivity index (χ1n) is 9.01. The Balaban J connectivity index is 1.46. The number of aryl methyl sites for hydroxylation is 1. The maximum absolute atomic E-state index is 4.61. The van der Waals surface area contributed by atoms with Crippen molar-refractivity contribution in [2.24, 2.45) is 5.92 Å². The summed E-state index contributed by atoms with van der Waals surface area (Å²) in [5, 5.41) is 3.13. The fraction of sp³-hybridized carbons (Fsp3) is 0.500. The van der Waals surface area contributed by atoms with Crippen LogP contribution in [0.25, 0.3) is 0 Å². The third-order valence-corrected chi connectivity index (χ3v) is 4.91. The molecule has 0 saturated carbocycles. The van der Waals surface area contributed by atoms with Crippen LogP contribution in [-0.2, 0) is 12.8 Å². The molecule has 1 fully saturated rings. The van der Waals surface area contributed by atoms with Crippen LogP contribution < -0.4 is 5.32 Å². The molecule has 3 rings (SSSR count). The number of nitrogens with zero attached hydrogens (tertiary/aromatic N) is 3. The number of hydrogen-bond donors (Lipinski definition) is 1. The fourth-order valence-electron chi connectivity index (χ4n) is 3.50. The van der Waals surface area contributed by atoms with E-state index in [9.17, 15) is 0 Å². The van der Waals surface area contributed by atoms with Crippen LogP contribution in [0.15, 0.2) is 36.4 Å². The van der Waals surface area contributed by atoms with Crippen LogP contribution in [-0.4, -0.2) is 41.5 Å². The van der Waals surface area contributed by atoms with Crippen LogP contribution in [0, 0.1) is 12.8 Å². The Kier molecular flexibility index (Phi) is 5.81. The lowest BCUT2D eigenvalue weighted by molar-refractivity contribution is 0.185. The van der Waals surface area contributed by atoms with Gasteiger partial charge in [-0.25, -0.2) is 9.97 Å². The predicted octanol–water partition coefficient (Wildman–Crippen LogP) is 3.32. The Labute approximate surface area is 145 Å². The summed E-state index contributed by atoms with van der Waals surface area (Å²) >= 11 is 0. The third kappa shape index (κ3) is 4.78. The molecule has 4 heteroatoms. The predicted molar refractivity (Wildman–Crippen MR) is 99.3 cm³/mol. The van der Waals surface area contributed by atoms with Crippen molar-refractivity contribution in [1.29, 1.82) is 0 Å². The van der Waals surface area contributed by atoms with Gasteiger partial charge in [0.15, 0.2) is 0 Å². The van der Waals surface area contributed by atoms with E-state index in [0.29, 0.717) is 0 Å². The number of anilines is 1. The molecule has 0 amide bonds. The van der Waals surface area contributed by atoms with Gasteiger partial charge in [-0.05, 0) is 57.2 Å². The lowest BCUT2D eigenvalue weighted by atomic mass is 9.92. The van der Waals surface area contributed by atoms with Crippen LogP contribution in [0.3, 0.4) is 0 Å². The van der Waals surface area contributed by atoms with E-state index >= 15 is 0 Å². The van der Waals surface area contributed by atoms with E-state index in [-0.39, 0.29) is 0 Å². The van der Waals surface area contributed by atoms with E-state index in [2.05, 4.69) is 56.6 Å². The normalized spacial score (nSPS) is 16.2. The minimum Gasteiger partial charge on any atom is -0.373 e. The van der Waals surface area contributed by atoms with Crippen molar-refractivity contribution in [1.82, 2.24) is 14.9 Å². The molecule has 24 heavy (non-hydrogen) atoms. The van der Waals surface area contributed by atoms with Gasteiger partial charge in [0.2, 0.25) is 0 Å². The maximum Gasteiger partial charge on any atom is 0.129 e. The van der Waals surface area contributed by atoms with Gasteiger partial charge in [-0.15, -0.1) is 0 Å². The van der Waals surface area contributed by atoms with Gasteiger partial charge in [-0.2, -0.15) is 0 Å². The van der Waals surface area contributed by atoms with Crippen molar-refractivity contribution in [3.63, 3.8) is 0 Å². The smallest absolute Gasteiger partial charge is 0.129 e. The molecule has 2 aromatic rings. The van der Waals surface area contributed by atoms with Gasteiger partial charge < -0.3 is 10.2 Å². The Morgan fingerprint density at radius 1 is 1.12 bits per heavy atom. The Morgan fingerprint density at radius 2 is 1.88 bits per heavy atom. The summed E-state index contributed by atoms with van der Waals surface area (Å²) in [5.41, 5.74) is 2.62. The Bertz CT molecular complexity index is 633. The quantitative estimate of drug-likeness (QED) is 0.885. The van der Waals surface area contributed by atoms with Crippen molar-refractivity contribution in [3.05, 3.63) is 53.5 Å². The molecule has 1 aromatic heterocycles. The van der Waals surface area contributed by atoms with Gasteiger partial charge in [0.05, 0.1) is 0 Å². The van der Waals surface area contributed by atoms with E-state index in [0.717, 1.165) is 30.4 Å². The molecule has 1 aliphatic rings. The summed E-state index contributed by atoms with van der Waals surface area (Å²) in [4.78, 5) is 11.6. The van der Waals surface area contributed by atoms with E-state index < -0.39 is 0 Å². The highest BCUT2D eigenvalue weighted by Gasteiger charge is 2.20. The first-order chi connectivity index (χ1) is 11.7.